The maximum Gasteiger partial charge on any atom is 0.241 e. The van der Waals surface area contributed by atoms with Crippen molar-refractivity contribution in [3.8, 4) is 11.4 Å². The fourth-order valence-electron chi connectivity index (χ4n) is 4.72. The van der Waals surface area contributed by atoms with Crippen LogP contribution in [0, 0.1) is 12.8 Å². The van der Waals surface area contributed by atoms with Gasteiger partial charge in [0.2, 0.25) is 17.6 Å². The smallest absolute Gasteiger partial charge is 0.241 e. The Hall–Kier alpha value is -2.99. The molecule has 3 heterocycles. The van der Waals surface area contributed by atoms with Crippen LogP contribution in [0.15, 0.2) is 53.1 Å². The van der Waals surface area contributed by atoms with Gasteiger partial charge in [0.1, 0.15) is 0 Å². The fraction of sp³-hybridized carbons (Fsp3) is 0.400. The number of piperidine rings is 1. The lowest BCUT2D eigenvalue weighted by molar-refractivity contribution is -0.138. The van der Waals surface area contributed by atoms with Gasteiger partial charge >= 0.3 is 0 Å². The Kier molecular flexibility index (Phi) is 5.55. The van der Waals surface area contributed by atoms with Crippen LogP contribution >= 0.6 is 0 Å². The first-order valence-electron chi connectivity index (χ1n) is 11.1. The van der Waals surface area contributed by atoms with Gasteiger partial charge in [-0.05, 0) is 56.0 Å². The Morgan fingerprint density at radius 2 is 1.77 bits per heavy atom. The van der Waals surface area contributed by atoms with Gasteiger partial charge in [0.15, 0.2) is 0 Å². The lowest BCUT2D eigenvalue weighted by Crippen LogP contribution is -2.44. The van der Waals surface area contributed by atoms with Crippen LogP contribution in [0.1, 0.15) is 35.4 Å². The van der Waals surface area contributed by atoms with E-state index in [1.165, 1.54) is 11.1 Å². The largest absolute Gasteiger partial charge is 0.338 e. The molecule has 0 atom stereocenters. The summed E-state index contributed by atoms with van der Waals surface area (Å²) in [7, 11) is 0. The van der Waals surface area contributed by atoms with Crippen LogP contribution in [-0.4, -0.2) is 45.5 Å². The standard InChI is InChI=1S/C25H28N4O2/c1-18-6-2-5-9-22(18)24-26-23(31-27-24)17-28-13-10-20(11-14-28)25(30)29-15-12-19-7-3-4-8-21(19)16-29/h2-9,20H,10-17H2,1H3. The summed E-state index contributed by atoms with van der Waals surface area (Å²) in [5.41, 5.74) is 4.81. The summed E-state index contributed by atoms with van der Waals surface area (Å²) in [6.07, 6.45) is 2.73. The quantitative estimate of drug-likeness (QED) is 0.647. The first-order valence-corrected chi connectivity index (χ1v) is 11.1. The predicted molar refractivity (Wildman–Crippen MR) is 118 cm³/mol. The number of likely N-dealkylation sites (tertiary alicyclic amines) is 1. The van der Waals surface area contributed by atoms with Crippen LogP contribution in [0.3, 0.4) is 0 Å². The Balaban J connectivity index is 1.15. The number of hydrogen-bond acceptors (Lipinski definition) is 5. The molecule has 0 radical (unpaired) electrons. The minimum atomic E-state index is 0.117. The molecule has 0 unspecified atom stereocenters. The third-order valence-corrected chi connectivity index (χ3v) is 6.59. The van der Waals surface area contributed by atoms with Gasteiger partial charge in [0, 0.05) is 24.6 Å². The Morgan fingerprint density at radius 3 is 2.58 bits per heavy atom. The molecule has 5 rings (SSSR count). The van der Waals surface area contributed by atoms with Crippen LogP contribution in [0.5, 0.6) is 0 Å². The molecule has 6 heteroatoms. The van der Waals surface area contributed by atoms with Crippen molar-refractivity contribution in [1.82, 2.24) is 19.9 Å². The van der Waals surface area contributed by atoms with Crippen molar-refractivity contribution < 1.29 is 9.32 Å². The van der Waals surface area contributed by atoms with E-state index >= 15 is 0 Å². The van der Waals surface area contributed by atoms with Gasteiger partial charge in [-0.25, -0.2) is 0 Å². The number of aryl methyl sites for hydroxylation is 1. The van der Waals surface area contributed by atoms with E-state index in [9.17, 15) is 4.79 Å². The number of rotatable bonds is 4. The molecule has 0 bridgehead atoms. The summed E-state index contributed by atoms with van der Waals surface area (Å²) < 4.78 is 5.50. The van der Waals surface area contributed by atoms with Crippen molar-refractivity contribution in [3.05, 3.63) is 71.1 Å². The molecule has 6 nitrogen and oxygen atoms in total. The number of carbonyl (C=O) groups excluding carboxylic acids is 1. The third-order valence-electron chi connectivity index (χ3n) is 6.59. The highest BCUT2D eigenvalue weighted by Gasteiger charge is 2.30. The van der Waals surface area contributed by atoms with Gasteiger partial charge in [-0.2, -0.15) is 4.98 Å². The summed E-state index contributed by atoms with van der Waals surface area (Å²) >= 11 is 0. The van der Waals surface area contributed by atoms with Crippen molar-refractivity contribution in [3.63, 3.8) is 0 Å². The minimum absolute atomic E-state index is 0.117. The molecule has 3 aromatic rings. The average Bonchev–Trinajstić information content (AvgIpc) is 3.27. The highest BCUT2D eigenvalue weighted by Crippen LogP contribution is 2.26. The van der Waals surface area contributed by atoms with Gasteiger partial charge in [-0.15, -0.1) is 0 Å². The number of hydrogen-bond donors (Lipinski definition) is 0. The number of carbonyl (C=O) groups is 1. The molecule has 0 saturated carbocycles. The van der Waals surface area contributed by atoms with E-state index in [0.29, 0.717) is 24.2 Å². The van der Waals surface area contributed by atoms with Crippen molar-refractivity contribution in [2.24, 2.45) is 5.92 Å². The topological polar surface area (TPSA) is 62.5 Å². The molecule has 1 amide bonds. The zero-order chi connectivity index (χ0) is 21.2. The first-order chi connectivity index (χ1) is 15.2. The average molecular weight is 417 g/mol. The number of aromatic nitrogens is 2. The van der Waals surface area contributed by atoms with E-state index < -0.39 is 0 Å². The van der Waals surface area contributed by atoms with Crippen LogP contribution in [-0.2, 0) is 24.3 Å². The van der Waals surface area contributed by atoms with Gasteiger partial charge < -0.3 is 9.42 Å². The Labute approximate surface area is 182 Å². The zero-order valence-corrected chi connectivity index (χ0v) is 18.0. The molecular weight excluding hydrogens is 388 g/mol. The van der Waals surface area contributed by atoms with Crippen LogP contribution in [0.4, 0.5) is 0 Å². The molecular formula is C25H28N4O2. The van der Waals surface area contributed by atoms with Gasteiger partial charge in [0.25, 0.3) is 0 Å². The van der Waals surface area contributed by atoms with Crippen LogP contribution in [0.25, 0.3) is 11.4 Å². The number of nitrogens with zero attached hydrogens (tertiary/aromatic N) is 4. The van der Waals surface area contributed by atoms with Gasteiger partial charge in [-0.3, -0.25) is 9.69 Å². The van der Waals surface area contributed by atoms with E-state index in [1.54, 1.807) is 0 Å². The molecule has 2 aliphatic heterocycles. The highest BCUT2D eigenvalue weighted by molar-refractivity contribution is 5.79. The van der Waals surface area contributed by atoms with Gasteiger partial charge in [0.05, 0.1) is 6.54 Å². The second-order valence-electron chi connectivity index (χ2n) is 8.66. The SMILES string of the molecule is Cc1ccccc1-c1noc(CN2CCC(C(=O)N3CCc4ccccc4C3)CC2)n1. The highest BCUT2D eigenvalue weighted by atomic mass is 16.5. The third kappa shape index (κ3) is 4.26. The Morgan fingerprint density at radius 1 is 1.03 bits per heavy atom. The molecule has 31 heavy (non-hydrogen) atoms. The molecule has 1 aromatic heterocycles. The van der Waals surface area contributed by atoms with E-state index in [4.69, 9.17) is 4.52 Å². The van der Waals surface area contributed by atoms with E-state index in [2.05, 4.69) is 44.2 Å². The summed E-state index contributed by atoms with van der Waals surface area (Å²) in [4.78, 5) is 22.0. The minimum Gasteiger partial charge on any atom is -0.338 e. The summed E-state index contributed by atoms with van der Waals surface area (Å²) in [6.45, 7) is 6.02. The first kappa shape index (κ1) is 19.9. The summed E-state index contributed by atoms with van der Waals surface area (Å²) in [6, 6.07) is 16.5. The fourth-order valence-corrected chi connectivity index (χ4v) is 4.72. The Bertz CT molecular complexity index is 1070. The van der Waals surface area contributed by atoms with Crippen molar-refractivity contribution in [2.75, 3.05) is 19.6 Å². The maximum absolute atomic E-state index is 13.1. The molecule has 2 aromatic carbocycles. The molecule has 1 fully saturated rings. The number of fused-ring (bicyclic) bond motifs is 1. The molecule has 1 saturated heterocycles. The number of amides is 1. The lowest BCUT2D eigenvalue weighted by Gasteiger charge is -2.35. The van der Waals surface area contributed by atoms with Crippen LogP contribution < -0.4 is 0 Å². The lowest BCUT2D eigenvalue weighted by atomic mass is 9.93. The summed E-state index contributed by atoms with van der Waals surface area (Å²) in [5, 5.41) is 4.16. The molecule has 160 valence electrons. The maximum atomic E-state index is 13.1. The van der Waals surface area contributed by atoms with E-state index in [-0.39, 0.29) is 5.92 Å². The van der Waals surface area contributed by atoms with Gasteiger partial charge in [-0.1, -0.05) is 53.7 Å². The molecule has 0 aliphatic carbocycles. The normalized spacial score (nSPS) is 17.5. The molecule has 0 spiro atoms. The van der Waals surface area contributed by atoms with Crippen molar-refractivity contribution in [2.45, 2.75) is 39.3 Å². The predicted octanol–water partition coefficient (Wildman–Crippen LogP) is 3.84. The van der Waals surface area contributed by atoms with E-state index in [1.807, 2.05) is 31.2 Å². The number of benzene rings is 2. The van der Waals surface area contributed by atoms with Crippen molar-refractivity contribution >= 4 is 5.91 Å². The molecule has 2 aliphatic rings. The van der Waals surface area contributed by atoms with E-state index in [0.717, 1.165) is 56.6 Å². The monoisotopic (exact) mass is 416 g/mol. The second kappa shape index (κ2) is 8.63. The zero-order valence-electron chi connectivity index (χ0n) is 18.0. The molecule has 0 N–H and O–H groups in total. The van der Waals surface area contributed by atoms with Crippen LogP contribution in [0.2, 0.25) is 0 Å². The summed E-state index contributed by atoms with van der Waals surface area (Å²) in [5.74, 6) is 1.71. The second-order valence-corrected chi connectivity index (χ2v) is 8.66. The van der Waals surface area contributed by atoms with Crippen molar-refractivity contribution in [1.29, 1.82) is 0 Å².